The van der Waals surface area contributed by atoms with Gasteiger partial charge >= 0.3 is 0 Å². The first-order chi connectivity index (χ1) is 14.3. The number of benzene rings is 1. The van der Waals surface area contributed by atoms with Gasteiger partial charge in [0.05, 0.1) is 0 Å². The monoisotopic (exact) mass is 390 g/mol. The van der Waals surface area contributed by atoms with Crippen molar-refractivity contribution in [3.05, 3.63) is 66.9 Å². The number of ether oxygens (including phenoxy) is 1. The third kappa shape index (κ3) is 4.98. The number of rotatable bonds is 6. The first-order valence-corrected chi connectivity index (χ1v) is 9.50. The lowest BCUT2D eigenvalue weighted by Crippen LogP contribution is -2.50. The quantitative estimate of drug-likeness (QED) is 0.692. The Hall–Kier alpha value is -3.68. The highest BCUT2D eigenvalue weighted by Crippen LogP contribution is 2.16. The van der Waals surface area contributed by atoms with Crippen LogP contribution in [0.3, 0.4) is 0 Å². The second kappa shape index (κ2) is 9.01. The van der Waals surface area contributed by atoms with Gasteiger partial charge in [-0.2, -0.15) is 0 Å². The van der Waals surface area contributed by atoms with E-state index in [-0.39, 0.29) is 12.5 Å². The zero-order chi connectivity index (χ0) is 19.9. The summed E-state index contributed by atoms with van der Waals surface area (Å²) in [6.07, 6.45) is 1.72. The normalized spacial score (nSPS) is 13.8. The van der Waals surface area contributed by atoms with Crippen LogP contribution in [-0.2, 0) is 4.79 Å². The van der Waals surface area contributed by atoms with E-state index in [1.807, 2.05) is 65.6 Å². The van der Waals surface area contributed by atoms with E-state index in [1.54, 1.807) is 6.20 Å². The standard InChI is InChI=1S/C21H22N6O2/c28-21(16-29-17-6-2-1-3-7-17)27-14-12-26(13-15-27)20-10-9-19(24-25-20)23-18-8-4-5-11-22-18/h1-11H,12-16H2,(H,22,23,24). The van der Waals surface area contributed by atoms with E-state index in [0.717, 1.165) is 11.6 Å². The molecular formula is C21H22N6O2. The molecule has 0 bridgehead atoms. The first-order valence-electron chi connectivity index (χ1n) is 9.50. The molecule has 1 saturated heterocycles. The molecule has 0 atom stereocenters. The maximum atomic E-state index is 12.4. The van der Waals surface area contributed by atoms with Crippen molar-refractivity contribution in [2.75, 3.05) is 43.0 Å². The molecule has 1 amide bonds. The second-order valence-electron chi connectivity index (χ2n) is 6.59. The highest BCUT2D eigenvalue weighted by atomic mass is 16.5. The SMILES string of the molecule is O=C(COc1ccccc1)N1CCN(c2ccc(Nc3ccccn3)nn2)CC1. The summed E-state index contributed by atoms with van der Waals surface area (Å²) in [5.74, 6) is 2.85. The maximum Gasteiger partial charge on any atom is 0.260 e. The fraction of sp³-hybridized carbons (Fsp3) is 0.238. The molecule has 0 aliphatic carbocycles. The molecule has 8 heteroatoms. The van der Waals surface area contributed by atoms with Crippen LogP contribution < -0.4 is 15.0 Å². The highest BCUT2D eigenvalue weighted by molar-refractivity contribution is 5.78. The fourth-order valence-corrected chi connectivity index (χ4v) is 3.07. The van der Waals surface area contributed by atoms with Crippen molar-refractivity contribution in [2.45, 2.75) is 0 Å². The summed E-state index contributed by atoms with van der Waals surface area (Å²) in [4.78, 5) is 20.5. The number of hydrogen-bond donors (Lipinski definition) is 1. The number of carbonyl (C=O) groups is 1. The minimum atomic E-state index is -0.00510. The number of nitrogens with one attached hydrogen (secondary N) is 1. The molecule has 0 unspecified atom stereocenters. The molecular weight excluding hydrogens is 368 g/mol. The van der Waals surface area contributed by atoms with Crippen molar-refractivity contribution < 1.29 is 9.53 Å². The topological polar surface area (TPSA) is 83.5 Å². The van der Waals surface area contributed by atoms with Crippen LogP contribution in [0.5, 0.6) is 5.75 Å². The summed E-state index contributed by atoms with van der Waals surface area (Å²) in [5, 5.41) is 11.6. The molecule has 0 spiro atoms. The Balaban J connectivity index is 1.26. The second-order valence-corrected chi connectivity index (χ2v) is 6.59. The lowest BCUT2D eigenvalue weighted by atomic mass is 10.3. The highest BCUT2D eigenvalue weighted by Gasteiger charge is 2.22. The van der Waals surface area contributed by atoms with E-state index in [9.17, 15) is 4.79 Å². The molecule has 3 heterocycles. The average molecular weight is 390 g/mol. The molecule has 2 aromatic heterocycles. The molecule has 0 radical (unpaired) electrons. The van der Waals surface area contributed by atoms with Crippen LogP contribution in [0, 0.1) is 0 Å². The Bertz CT molecular complexity index is 913. The van der Waals surface area contributed by atoms with Crippen LogP contribution in [-0.4, -0.2) is 58.8 Å². The van der Waals surface area contributed by atoms with Crippen LogP contribution in [0.4, 0.5) is 17.5 Å². The number of anilines is 3. The molecule has 1 aliphatic rings. The Morgan fingerprint density at radius 1 is 0.897 bits per heavy atom. The number of pyridine rings is 1. The van der Waals surface area contributed by atoms with Gasteiger partial charge in [-0.15, -0.1) is 10.2 Å². The first kappa shape index (κ1) is 18.7. The van der Waals surface area contributed by atoms with E-state index >= 15 is 0 Å². The average Bonchev–Trinajstić information content (AvgIpc) is 2.79. The van der Waals surface area contributed by atoms with E-state index in [0.29, 0.717) is 37.7 Å². The number of carbonyl (C=O) groups excluding carboxylic acids is 1. The minimum absolute atomic E-state index is 0.00510. The van der Waals surface area contributed by atoms with E-state index in [4.69, 9.17) is 4.74 Å². The smallest absolute Gasteiger partial charge is 0.260 e. The van der Waals surface area contributed by atoms with Gasteiger partial charge in [-0.05, 0) is 36.4 Å². The molecule has 148 valence electrons. The summed E-state index contributed by atoms with van der Waals surface area (Å²) in [7, 11) is 0. The van der Waals surface area contributed by atoms with E-state index in [2.05, 4.69) is 25.4 Å². The largest absolute Gasteiger partial charge is 0.484 e. The summed E-state index contributed by atoms with van der Waals surface area (Å²) in [5.41, 5.74) is 0. The zero-order valence-electron chi connectivity index (χ0n) is 15.9. The number of piperazine rings is 1. The lowest BCUT2D eigenvalue weighted by Gasteiger charge is -2.35. The third-order valence-electron chi connectivity index (χ3n) is 4.63. The van der Waals surface area contributed by atoms with Crippen LogP contribution >= 0.6 is 0 Å². The molecule has 1 aromatic carbocycles. The number of nitrogens with zero attached hydrogens (tertiary/aromatic N) is 5. The van der Waals surface area contributed by atoms with Gasteiger partial charge in [-0.3, -0.25) is 4.79 Å². The van der Waals surface area contributed by atoms with Gasteiger partial charge in [0.2, 0.25) is 0 Å². The lowest BCUT2D eigenvalue weighted by molar-refractivity contribution is -0.133. The molecule has 1 N–H and O–H groups in total. The summed E-state index contributed by atoms with van der Waals surface area (Å²) in [6, 6.07) is 18.8. The molecule has 4 rings (SSSR count). The predicted molar refractivity (Wildman–Crippen MR) is 110 cm³/mol. The Labute approximate surface area is 169 Å². The van der Waals surface area contributed by atoms with Crippen LogP contribution in [0.15, 0.2) is 66.9 Å². The third-order valence-corrected chi connectivity index (χ3v) is 4.63. The van der Waals surface area contributed by atoms with Crippen molar-refractivity contribution in [1.29, 1.82) is 0 Å². The van der Waals surface area contributed by atoms with Gasteiger partial charge in [-0.25, -0.2) is 4.98 Å². The van der Waals surface area contributed by atoms with Crippen LogP contribution in [0.1, 0.15) is 0 Å². The van der Waals surface area contributed by atoms with E-state index in [1.165, 1.54) is 0 Å². The van der Waals surface area contributed by atoms with Crippen molar-refractivity contribution >= 4 is 23.4 Å². The summed E-state index contributed by atoms with van der Waals surface area (Å²) in [6.45, 7) is 2.73. The van der Waals surface area contributed by atoms with Gasteiger partial charge in [0.25, 0.3) is 5.91 Å². The maximum absolute atomic E-state index is 12.4. The summed E-state index contributed by atoms with van der Waals surface area (Å²) < 4.78 is 5.56. The molecule has 0 saturated carbocycles. The van der Waals surface area contributed by atoms with Crippen molar-refractivity contribution in [3.63, 3.8) is 0 Å². The summed E-state index contributed by atoms with van der Waals surface area (Å²) >= 11 is 0. The van der Waals surface area contributed by atoms with E-state index < -0.39 is 0 Å². The Kier molecular flexibility index (Phi) is 5.80. The van der Waals surface area contributed by atoms with Crippen molar-refractivity contribution in [3.8, 4) is 5.75 Å². The van der Waals surface area contributed by atoms with Gasteiger partial charge in [0, 0.05) is 32.4 Å². The minimum Gasteiger partial charge on any atom is -0.484 e. The van der Waals surface area contributed by atoms with Crippen LogP contribution in [0.2, 0.25) is 0 Å². The van der Waals surface area contributed by atoms with Gasteiger partial charge in [0.1, 0.15) is 11.6 Å². The number of amides is 1. The molecule has 3 aromatic rings. The zero-order valence-corrected chi connectivity index (χ0v) is 15.9. The van der Waals surface area contributed by atoms with Crippen molar-refractivity contribution in [2.24, 2.45) is 0 Å². The molecule has 1 aliphatic heterocycles. The predicted octanol–water partition coefficient (Wildman–Crippen LogP) is 2.34. The molecule has 1 fully saturated rings. The van der Waals surface area contributed by atoms with Gasteiger partial charge < -0.3 is 19.9 Å². The number of hydrogen-bond acceptors (Lipinski definition) is 7. The number of para-hydroxylation sites is 1. The Morgan fingerprint density at radius 3 is 2.38 bits per heavy atom. The van der Waals surface area contributed by atoms with Crippen molar-refractivity contribution in [1.82, 2.24) is 20.1 Å². The molecule has 8 nitrogen and oxygen atoms in total. The van der Waals surface area contributed by atoms with Gasteiger partial charge in [0.15, 0.2) is 18.2 Å². The molecule has 29 heavy (non-hydrogen) atoms. The Morgan fingerprint density at radius 2 is 1.69 bits per heavy atom. The van der Waals surface area contributed by atoms with Gasteiger partial charge in [-0.1, -0.05) is 24.3 Å². The van der Waals surface area contributed by atoms with Crippen LogP contribution in [0.25, 0.3) is 0 Å². The fourth-order valence-electron chi connectivity index (χ4n) is 3.07. The number of aromatic nitrogens is 3.